The van der Waals surface area contributed by atoms with E-state index in [4.69, 9.17) is 25.9 Å². The molecule has 10 heteroatoms. The van der Waals surface area contributed by atoms with E-state index in [1.54, 1.807) is 17.8 Å². The average Bonchev–Trinajstić information content (AvgIpc) is 2.89. The Balaban J connectivity index is 0. The van der Waals surface area contributed by atoms with Crippen LogP contribution in [0.1, 0.15) is 39.5 Å². The van der Waals surface area contributed by atoms with Crippen LogP contribution in [0.2, 0.25) is 5.02 Å². The molecule has 35 heavy (non-hydrogen) atoms. The van der Waals surface area contributed by atoms with Crippen LogP contribution in [0.3, 0.4) is 0 Å². The van der Waals surface area contributed by atoms with Crippen LogP contribution >= 0.6 is 23.4 Å². The maximum atomic E-state index is 12.3. The fourth-order valence-electron chi connectivity index (χ4n) is 3.10. The number of aldehydes is 1. The van der Waals surface area contributed by atoms with Crippen molar-refractivity contribution in [2.24, 2.45) is 16.6 Å². The zero-order valence-electron chi connectivity index (χ0n) is 21.1. The van der Waals surface area contributed by atoms with Gasteiger partial charge in [0.25, 0.3) is 0 Å². The fraction of sp³-hybridized carbons (Fsp3) is 0.520. The maximum Gasteiger partial charge on any atom is 0.220 e. The average molecular weight is 529 g/mol. The predicted molar refractivity (Wildman–Crippen MR) is 148 cm³/mol. The van der Waals surface area contributed by atoms with Crippen molar-refractivity contribution in [3.05, 3.63) is 35.9 Å². The van der Waals surface area contributed by atoms with Crippen molar-refractivity contribution in [1.82, 2.24) is 10.6 Å². The fourth-order valence-corrected chi connectivity index (χ4v) is 4.34. The summed E-state index contributed by atoms with van der Waals surface area (Å²) in [5.74, 6) is 1.44. The van der Waals surface area contributed by atoms with Crippen LogP contribution in [-0.2, 0) is 19.1 Å². The summed E-state index contributed by atoms with van der Waals surface area (Å²) in [4.78, 5) is 35.0. The molecule has 0 spiro atoms. The number of primary amides is 1. The molecule has 0 radical (unpaired) electrons. The molecule has 0 saturated carbocycles. The molecule has 198 valence electrons. The number of thioether (sulfide) groups is 1. The largest absolute Gasteiger partial charge is 0.381 e. The SMILES string of the molecule is C=CC=O.C=Nc1ccc(Cl)cc1SCCCC(=O)NC(CNC)C1CCOCC1.CC.NC=O. The van der Waals surface area contributed by atoms with E-state index in [0.29, 0.717) is 23.6 Å². The van der Waals surface area contributed by atoms with Crippen LogP contribution in [0.5, 0.6) is 0 Å². The van der Waals surface area contributed by atoms with Crippen molar-refractivity contribution >= 4 is 54.4 Å². The number of rotatable bonds is 11. The summed E-state index contributed by atoms with van der Waals surface area (Å²) in [6, 6.07) is 5.74. The Kier molecular flexibility index (Phi) is 24.9. The molecule has 1 aromatic carbocycles. The van der Waals surface area contributed by atoms with Gasteiger partial charge in [-0.25, -0.2) is 0 Å². The smallest absolute Gasteiger partial charge is 0.220 e. The number of nitrogens with two attached hydrogens (primary N) is 1. The lowest BCUT2D eigenvalue weighted by Gasteiger charge is -2.31. The number of ether oxygens (including phenoxy) is 1. The molecule has 1 heterocycles. The third-order valence-electron chi connectivity index (χ3n) is 4.60. The Morgan fingerprint density at radius 1 is 1.34 bits per heavy atom. The number of allylic oxidation sites excluding steroid dienone is 1. The Morgan fingerprint density at radius 3 is 2.46 bits per heavy atom. The second-order valence-corrected chi connectivity index (χ2v) is 8.48. The number of nitrogens with zero attached hydrogens (tertiary/aromatic N) is 1. The molecule has 2 rings (SSSR count). The molecule has 0 aromatic heterocycles. The van der Waals surface area contributed by atoms with Gasteiger partial charge in [-0.15, -0.1) is 11.8 Å². The summed E-state index contributed by atoms with van der Waals surface area (Å²) in [7, 11) is 1.92. The quantitative estimate of drug-likeness (QED) is 0.130. The molecule has 1 saturated heterocycles. The van der Waals surface area contributed by atoms with Gasteiger partial charge in [-0.05, 0) is 69.0 Å². The molecule has 1 aromatic rings. The summed E-state index contributed by atoms with van der Waals surface area (Å²) in [5.41, 5.74) is 5.00. The van der Waals surface area contributed by atoms with E-state index in [9.17, 15) is 4.79 Å². The molecule has 1 atom stereocenters. The highest BCUT2D eigenvalue weighted by Gasteiger charge is 2.24. The molecule has 0 bridgehead atoms. The van der Waals surface area contributed by atoms with Crippen molar-refractivity contribution in [1.29, 1.82) is 0 Å². The molecular formula is C25H41ClN4O4S. The van der Waals surface area contributed by atoms with Gasteiger partial charge < -0.3 is 21.1 Å². The molecule has 4 N–H and O–H groups in total. The molecule has 1 aliphatic rings. The van der Waals surface area contributed by atoms with Gasteiger partial charge >= 0.3 is 0 Å². The minimum atomic E-state index is 0.116. The molecule has 1 aliphatic heterocycles. The highest BCUT2D eigenvalue weighted by atomic mass is 35.5. The Hall–Kier alpha value is -2.20. The zero-order valence-corrected chi connectivity index (χ0v) is 22.7. The van der Waals surface area contributed by atoms with Gasteiger partial charge in [0.05, 0.1) is 5.69 Å². The molecule has 1 fully saturated rings. The molecule has 8 nitrogen and oxygen atoms in total. The highest BCUT2D eigenvalue weighted by molar-refractivity contribution is 7.99. The van der Waals surface area contributed by atoms with Gasteiger partial charge in [-0.3, -0.25) is 19.4 Å². The van der Waals surface area contributed by atoms with Gasteiger partial charge in [0.1, 0.15) is 6.29 Å². The van der Waals surface area contributed by atoms with E-state index in [2.05, 4.69) is 34.7 Å². The molecular weight excluding hydrogens is 488 g/mol. The third kappa shape index (κ3) is 17.8. The van der Waals surface area contributed by atoms with Gasteiger partial charge in [0, 0.05) is 42.1 Å². The number of nitrogens with one attached hydrogen (secondary N) is 2. The normalized spacial score (nSPS) is 13.1. The lowest BCUT2D eigenvalue weighted by atomic mass is 9.91. The summed E-state index contributed by atoms with van der Waals surface area (Å²) in [6.45, 7) is 13.1. The zero-order chi connectivity index (χ0) is 26.9. The van der Waals surface area contributed by atoms with Gasteiger partial charge in [-0.2, -0.15) is 0 Å². The van der Waals surface area contributed by atoms with Crippen LogP contribution in [0.15, 0.2) is 40.7 Å². The van der Waals surface area contributed by atoms with Crippen molar-refractivity contribution in [2.75, 3.05) is 32.6 Å². The number of hydrogen-bond donors (Lipinski definition) is 3. The van der Waals surface area contributed by atoms with E-state index in [0.717, 1.165) is 55.4 Å². The third-order valence-corrected chi connectivity index (χ3v) is 5.97. The summed E-state index contributed by atoms with van der Waals surface area (Å²) >= 11 is 7.70. The van der Waals surface area contributed by atoms with Crippen LogP contribution < -0.4 is 16.4 Å². The number of carbonyl (C=O) groups excluding carboxylic acids is 3. The molecule has 1 unspecified atom stereocenters. The van der Waals surface area contributed by atoms with Crippen molar-refractivity contribution in [3.63, 3.8) is 0 Å². The standard InChI is InChI=1S/C19H28ClN3O2S.C3H4O.C2H6.CH3NO/c1-21-13-17(14-7-9-25-10-8-14)23-19(24)4-3-11-26-18-12-15(20)5-6-16(18)22-2;1-2-3-4;1-2;2-1-3/h5-6,12,14,17,21H,2-4,7-11,13H2,1H3,(H,23,24);2-3H,1H2;1-2H3;1H,(H2,2,3). The van der Waals surface area contributed by atoms with Crippen LogP contribution in [0.4, 0.5) is 5.69 Å². The number of halogens is 1. The number of likely N-dealkylation sites (N-methyl/N-ethyl adjacent to an activating group) is 1. The second-order valence-electron chi connectivity index (χ2n) is 6.91. The van der Waals surface area contributed by atoms with Crippen LogP contribution in [0.25, 0.3) is 0 Å². The Bertz CT molecular complexity index is 725. The number of benzene rings is 1. The topological polar surface area (TPSA) is 123 Å². The van der Waals surface area contributed by atoms with Crippen molar-refractivity contribution in [3.8, 4) is 0 Å². The van der Waals surface area contributed by atoms with Gasteiger partial charge in [-0.1, -0.05) is 32.0 Å². The number of amides is 2. The monoisotopic (exact) mass is 528 g/mol. The highest BCUT2D eigenvalue weighted by Crippen LogP contribution is 2.32. The first-order valence-electron chi connectivity index (χ1n) is 11.6. The first-order chi connectivity index (χ1) is 17.0. The first-order valence-corrected chi connectivity index (χ1v) is 13.0. The second kappa shape index (κ2) is 24.9. The Morgan fingerprint density at radius 2 is 1.94 bits per heavy atom. The summed E-state index contributed by atoms with van der Waals surface area (Å²) in [6.07, 6.45) is 5.43. The van der Waals surface area contributed by atoms with Crippen LogP contribution in [0, 0.1) is 5.92 Å². The minimum Gasteiger partial charge on any atom is -0.381 e. The lowest BCUT2D eigenvalue weighted by molar-refractivity contribution is -0.122. The number of hydrogen-bond acceptors (Lipinski definition) is 7. The van der Waals surface area contributed by atoms with E-state index in [1.165, 1.54) is 6.08 Å². The van der Waals surface area contributed by atoms with Crippen LogP contribution in [-0.4, -0.2) is 63.9 Å². The van der Waals surface area contributed by atoms with E-state index in [-0.39, 0.29) is 18.4 Å². The predicted octanol–water partition coefficient (Wildman–Crippen LogP) is 4.17. The van der Waals surface area contributed by atoms with E-state index >= 15 is 0 Å². The number of aliphatic imine (C=N–C) groups is 1. The first kappa shape index (κ1) is 35.0. The minimum absolute atomic E-state index is 0.116. The maximum absolute atomic E-state index is 12.3. The van der Waals surface area contributed by atoms with E-state index in [1.807, 2.05) is 33.0 Å². The molecule has 0 aliphatic carbocycles. The lowest BCUT2D eigenvalue weighted by Crippen LogP contribution is -2.47. The summed E-state index contributed by atoms with van der Waals surface area (Å²) < 4.78 is 5.42. The van der Waals surface area contributed by atoms with Crippen molar-refractivity contribution < 1.29 is 19.1 Å². The molecule has 2 amide bonds. The van der Waals surface area contributed by atoms with E-state index < -0.39 is 0 Å². The summed E-state index contributed by atoms with van der Waals surface area (Å²) in [5, 5.41) is 7.08. The van der Waals surface area contributed by atoms with Crippen molar-refractivity contribution in [2.45, 2.75) is 50.5 Å². The Labute approximate surface area is 219 Å². The van der Waals surface area contributed by atoms with Gasteiger partial charge in [0.2, 0.25) is 12.3 Å². The number of carbonyl (C=O) groups is 3. The van der Waals surface area contributed by atoms with Gasteiger partial charge in [0.15, 0.2) is 0 Å².